The number of nitrogens with one attached hydrogen (secondary N) is 2. The first-order valence-electron chi connectivity index (χ1n) is 6.26. The van der Waals surface area contributed by atoms with E-state index in [2.05, 4.69) is 21.8 Å². The van der Waals surface area contributed by atoms with Crippen molar-refractivity contribution < 1.29 is 8.42 Å². The number of hydrogen-bond acceptors (Lipinski definition) is 4. The number of sulfonamides is 1. The lowest BCUT2D eigenvalue weighted by Gasteiger charge is -2.13. The van der Waals surface area contributed by atoms with Crippen molar-refractivity contribution in [1.82, 2.24) is 14.9 Å². The van der Waals surface area contributed by atoms with E-state index in [1.807, 2.05) is 6.92 Å². The van der Waals surface area contributed by atoms with Crippen molar-refractivity contribution in [1.29, 1.82) is 0 Å². The number of hydrogen-bond donors (Lipinski definition) is 3. The van der Waals surface area contributed by atoms with E-state index in [1.165, 1.54) is 6.20 Å². The molecule has 1 unspecified atom stereocenters. The zero-order chi connectivity index (χ0) is 13.6. The first-order chi connectivity index (χ1) is 8.51. The number of H-pyrrole nitrogens is 1. The molecule has 1 atom stereocenters. The molecule has 0 aromatic carbocycles. The highest BCUT2D eigenvalue weighted by atomic mass is 32.2. The fourth-order valence-electron chi connectivity index (χ4n) is 1.76. The van der Waals surface area contributed by atoms with E-state index < -0.39 is 10.0 Å². The van der Waals surface area contributed by atoms with E-state index in [1.54, 1.807) is 0 Å². The highest BCUT2D eigenvalue weighted by Crippen LogP contribution is 2.12. The third kappa shape index (κ3) is 4.08. The summed E-state index contributed by atoms with van der Waals surface area (Å²) in [4.78, 5) is 0. The van der Waals surface area contributed by atoms with Crippen LogP contribution < -0.4 is 10.5 Å². The summed E-state index contributed by atoms with van der Waals surface area (Å²) in [5, 5.41) is 6.28. The standard InChI is InChI=1S/C11H22N4O2S/c1-3-4-5-6-9(2)15-18(16,17)11-10(7-12)8-13-14-11/h8-9,15H,3-7,12H2,1-2H3,(H,13,14). The average Bonchev–Trinajstić information content (AvgIpc) is 2.77. The van der Waals surface area contributed by atoms with Gasteiger partial charge in [0.15, 0.2) is 5.03 Å². The highest BCUT2D eigenvalue weighted by Gasteiger charge is 2.21. The van der Waals surface area contributed by atoms with E-state index in [0.29, 0.717) is 5.56 Å². The van der Waals surface area contributed by atoms with Gasteiger partial charge in [-0.15, -0.1) is 0 Å². The largest absolute Gasteiger partial charge is 0.326 e. The number of aromatic amines is 1. The molecule has 0 amide bonds. The van der Waals surface area contributed by atoms with Gasteiger partial charge in [0.05, 0.1) is 6.20 Å². The molecule has 1 aromatic heterocycles. The summed E-state index contributed by atoms with van der Waals surface area (Å²) in [7, 11) is -3.54. The van der Waals surface area contributed by atoms with Crippen molar-refractivity contribution in [2.75, 3.05) is 0 Å². The van der Waals surface area contributed by atoms with Crippen LogP contribution in [-0.2, 0) is 16.6 Å². The molecule has 18 heavy (non-hydrogen) atoms. The molecular weight excluding hydrogens is 252 g/mol. The van der Waals surface area contributed by atoms with Crippen LogP contribution >= 0.6 is 0 Å². The molecule has 1 rings (SSSR count). The molecule has 0 radical (unpaired) electrons. The molecule has 1 heterocycles. The fraction of sp³-hybridized carbons (Fsp3) is 0.727. The van der Waals surface area contributed by atoms with Gasteiger partial charge in [-0.3, -0.25) is 5.10 Å². The normalized spacial score (nSPS) is 13.7. The number of aromatic nitrogens is 2. The van der Waals surface area contributed by atoms with Crippen LogP contribution in [0.25, 0.3) is 0 Å². The quantitative estimate of drug-likeness (QED) is 0.618. The van der Waals surface area contributed by atoms with Crippen molar-refractivity contribution in [2.45, 2.75) is 57.1 Å². The molecule has 7 heteroatoms. The van der Waals surface area contributed by atoms with Gasteiger partial charge in [0, 0.05) is 18.2 Å². The number of unbranched alkanes of at least 4 members (excludes halogenated alkanes) is 2. The Morgan fingerprint density at radius 2 is 2.22 bits per heavy atom. The topological polar surface area (TPSA) is 101 Å². The number of nitrogens with two attached hydrogens (primary N) is 1. The smallest absolute Gasteiger partial charge is 0.258 e. The fourth-order valence-corrected chi connectivity index (χ4v) is 3.18. The Bertz CT molecular complexity index is 455. The molecule has 1 aromatic rings. The third-order valence-corrected chi connectivity index (χ3v) is 4.37. The molecule has 0 aliphatic heterocycles. The minimum atomic E-state index is -3.54. The Morgan fingerprint density at radius 3 is 2.83 bits per heavy atom. The molecule has 6 nitrogen and oxygen atoms in total. The second-order valence-corrected chi connectivity index (χ2v) is 6.10. The lowest BCUT2D eigenvalue weighted by atomic mass is 10.1. The van der Waals surface area contributed by atoms with E-state index in [4.69, 9.17) is 5.73 Å². The minimum absolute atomic E-state index is 0.0762. The highest BCUT2D eigenvalue weighted by molar-refractivity contribution is 7.89. The van der Waals surface area contributed by atoms with Gasteiger partial charge in [-0.25, -0.2) is 13.1 Å². The Kier molecular flexibility index (Phi) is 5.77. The van der Waals surface area contributed by atoms with Crippen LogP contribution in [0.2, 0.25) is 0 Å². The summed E-state index contributed by atoms with van der Waals surface area (Å²) >= 11 is 0. The summed E-state index contributed by atoms with van der Waals surface area (Å²) in [6.07, 6.45) is 5.53. The van der Waals surface area contributed by atoms with Crippen LogP contribution in [0.15, 0.2) is 11.2 Å². The number of nitrogens with zero attached hydrogens (tertiary/aromatic N) is 1. The van der Waals surface area contributed by atoms with Crippen LogP contribution in [0, 0.1) is 0 Å². The second kappa shape index (κ2) is 6.86. The van der Waals surface area contributed by atoms with E-state index >= 15 is 0 Å². The lowest BCUT2D eigenvalue weighted by Crippen LogP contribution is -2.33. The van der Waals surface area contributed by atoms with Gasteiger partial charge in [0.2, 0.25) is 0 Å². The molecule has 0 saturated heterocycles. The van der Waals surface area contributed by atoms with Crippen molar-refractivity contribution in [3.63, 3.8) is 0 Å². The predicted molar refractivity (Wildman–Crippen MR) is 70.4 cm³/mol. The maximum absolute atomic E-state index is 12.1. The molecule has 0 spiro atoms. The van der Waals surface area contributed by atoms with Crippen molar-refractivity contribution in [3.8, 4) is 0 Å². The molecular formula is C11H22N4O2S. The molecule has 104 valence electrons. The SMILES string of the molecule is CCCCCC(C)NS(=O)(=O)c1[nH]ncc1CN. The predicted octanol–water partition coefficient (Wildman–Crippen LogP) is 1.12. The van der Waals surface area contributed by atoms with Gasteiger partial charge >= 0.3 is 0 Å². The maximum Gasteiger partial charge on any atom is 0.258 e. The first kappa shape index (κ1) is 15.1. The summed E-state index contributed by atoms with van der Waals surface area (Å²) < 4.78 is 26.8. The first-order valence-corrected chi connectivity index (χ1v) is 7.74. The van der Waals surface area contributed by atoms with Gasteiger partial charge in [0.25, 0.3) is 10.0 Å². The van der Waals surface area contributed by atoms with Gasteiger partial charge in [-0.2, -0.15) is 5.10 Å². The minimum Gasteiger partial charge on any atom is -0.326 e. The van der Waals surface area contributed by atoms with Crippen molar-refractivity contribution in [3.05, 3.63) is 11.8 Å². The Balaban J connectivity index is 2.65. The van der Waals surface area contributed by atoms with Crippen LogP contribution in [0.4, 0.5) is 0 Å². The molecule has 0 fully saturated rings. The Labute approximate surface area is 108 Å². The van der Waals surface area contributed by atoms with Gasteiger partial charge in [0.1, 0.15) is 0 Å². The van der Waals surface area contributed by atoms with Crippen LogP contribution in [0.1, 0.15) is 45.1 Å². The Morgan fingerprint density at radius 1 is 1.50 bits per heavy atom. The molecule has 0 saturated carbocycles. The number of rotatable bonds is 8. The van der Waals surface area contributed by atoms with Crippen LogP contribution in [-0.4, -0.2) is 24.7 Å². The van der Waals surface area contributed by atoms with E-state index in [9.17, 15) is 8.42 Å². The second-order valence-electron chi connectivity index (χ2n) is 4.45. The summed E-state index contributed by atoms with van der Waals surface area (Å²) in [6, 6.07) is -0.0875. The maximum atomic E-state index is 12.1. The van der Waals surface area contributed by atoms with Crippen molar-refractivity contribution >= 4 is 10.0 Å². The van der Waals surface area contributed by atoms with Crippen molar-refractivity contribution in [2.24, 2.45) is 5.73 Å². The average molecular weight is 274 g/mol. The molecule has 0 aliphatic rings. The van der Waals surface area contributed by atoms with E-state index in [0.717, 1.165) is 25.7 Å². The van der Waals surface area contributed by atoms with Gasteiger partial charge in [-0.1, -0.05) is 26.2 Å². The van der Waals surface area contributed by atoms with Gasteiger partial charge in [-0.05, 0) is 13.3 Å². The summed E-state index contributed by atoms with van der Waals surface area (Å²) in [5.41, 5.74) is 5.97. The van der Waals surface area contributed by atoms with Crippen LogP contribution in [0.5, 0.6) is 0 Å². The molecule has 4 N–H and O–H groups in total. The summed E-state index contributed by atoms with van der Waals surface area (Å²) in [6.45, 7) is 4.13. The molecule has 0 bridgehead atoms. The zero-order valence-corrected chi connectivity index (χ0v) is 11.8. The summed E-state index contributed by atoms with van der Waals surface area (Å²) in [5.74, 6) is 0. The Hall–Kier alpha value is -0.920. The van der Waals surface area contributed by atoms with Gasteiger partial charge < -0.3 is 5.73 Å². The zero-order valence-electron chi connectivity index (χ0n) is 10.9. The van der Waals surface area contributed by atoms with Crippen LogP contribution in [0.3, 0.4) is 0 Å². The lowest BCUT2D eigenvalue weighted by molar-refractivity contribution is 0.524. The van der Waals surface area contributed by atoms with E-state index in [-0.39, 0.29) is 17.6 Å². The monoisotopic (exact) mass is 274 g/mol. The third-order valence-electron chi connectivity index (χ3n) is 2.76. The molecule has 0 aliphatic carbocycles.